The van der Waals surface area contributed by atoms with Crippen LogP contribution in [0.2, 0.25) is 0 Å². The zero-order valence-corrected chi connectivity index (χ0v) is 28.3. The minimum atomic E-state index is -4.39. The number of para-hydroxylation sites is 1. The van der Waals surface area contributed by atoms with Gasteiger partial charge in [0.15, 0.2) is 5.82 Å². The second-order valence-corrected chi connectivity index (χ2v) is 13.4. The Labute approximate surface area is 278 Å². The summed E-state index contributed by atoms with van der Waals surface area (Å²) >= 11 is 0. The number of anilines is 1. The Morgan fingerprint density at radius 1 is 1.19 bits per heavy atom. The minimum Gasteiger partial charge on any atom is -0.464 e. The maximum absolute atomic E-state index is 14.8. The third-order valence-electron chi connectivity index (χ3n) is 8.12. The van der Waals surface area contributed by atoms with Gasteiger partial charge >= 0.3 is 13.6 Å². The average molecular weight is 692 g/mol. The van der Waals surface area contributed by atoms with E-state index in [2.05, 4.69) is 20.4 Å². The highest BCUT2D eigenvalue weighted by Gasteiger charge is 2.56. The van der Waals surface area contributed by atoms with E-state index in [4.69, 9.17) is 18.5 Å². The molecule has 1 amide bonds. The lowest BCUT2D eigenvalue weighted by atomic mass is 9.96. The van der Waals surface area contributed by atoms with Crippen LogP contribution in [0.5, 0.6) is 5.75 Å². The van der Waals surface area contributed by atoms with Gasteiger partial charge in [0.25, 0.3) is 0 Å². The van der Waals surface area contributed by atoms with Gasteiger partial charge in [-0.15, -0.1) is 0 Å². The standard InChI is InChI=1S/C32H43FN5O9P/c1-5-11-26(39)37-30-25-15-14-24(38(25)36-19-34-30)28-27(40)29(41)32(17-33,46-28)18-45-48(43,47-23-12-9-8-10-13-23)20-35-21(4)31(42)44-16-22(6-2)7-3/h8-10,12-15,19-22,27-29,40-41H,5-7,11,16-18H2,1-4H3,(H,34,36,37,39)/b35-20-/t21-,27-,28-,29-,32+,48-/m0/s1. The lowest BCUT2D eigenvalue weighted by Crippen LogP contribution is -2.48. The number of aliphatic imine (C=N–C) groups is 1. The van der Waals surface area contributed by atoms with Crippen LogP contribution in [0.1, 0.15) is 65.2 Å². The molecule has 4 rings (SSSR count). The van der Waals surface area contributed by atoms with Gasteiger partial charge in [-0.2, -0.15) is 5.10 Å². The number of amides is 1. The van der Waals surface area contributed by atoms with Gasteiger partial charge in [-0.3, -0.25) is 14.3 Å². The van der Waals surface area contributed by atoms with Crippen molar-refractivity contribution in [2.75, 3.05) is 25.2 Å². The van der Waals surface area contributed by atoms with Crippen molar-refractivity contribution in [1.29, 1.82) is 0 Å². The molecule has 16 heteroatoms. The molecular weight excluding hydrogens is 648 g/mol. The summed E-state index contributed by atoms with van der Waals surface area (Å²) in [5.74, 6) is 0.506. The third-order valence-corrected chi connectivity index (χ3v) is 9.49. The molecule has 262 valence electrons. The molecule has 0 bridgehead atoms. The predicted molar refractivity (Wildman–Crippen MR) is 175 cm³/mol. The van der Waals surface area contributed by atoms with Gasteiger partial charge in [-0.05, 0) is 43.5 Å². The van der Waals surface area contributed by atoms with Crippen molar-refractivity contribution in [3.63, 3.8) is 0 Å². The van der Waals surface area contributed by atoms with Gasteiger partial charge in [0, 0.05) is 6.42 Å². The number of aliphatic hydroxyl groups is 2. The molecule has 3 heterocycles. The monoisotopic (exact) mass is 691 g/mol. The number of nitrogens with one attached hydrogen (secondary N) is 1. The average Bonchev–Trinajstić information content (AvgIpc) is 3.63. The van der Waals surface area contributed by atoms with E-state index in [1.165, 1.54) is 36.0 Å². The predicted octanol–water partition coefficient (Wildman–Crippen LogP) is 4.65. The summed E-state index contributed by atoms with van der Waals surface area (Å²) < 4.78 is 52.8. The maximum atomic E-state index is 14.8. The van der Waals surface area contributed by atoms with E-state index in [0.717, 1.165) is 18.8 Å². The molecule has 1 aliphatic heterocycles. The Balaban J connectivity index is 1.56. The number of hydrogen-bond acceptors (Lipinski definition) is 12. The first-order valence-corrected chi connectivity index (χ1v) is 17.5. The maximum Gasteiger partial charge on any atom is 0.421 e. The van der Waals surface area contributed by atoms with Crippen molar-refractivity contribution < 1.29 is 47.3 Å². The molecule has 1 aromatic carbocycles. The molecule has 2 aromatic heterocycles. The zero-order valence-electron chi connectivity index (χ0n) is 27.4. The number of alkyl halides is 1. The smallest absolute Gasteiger partial charge is 0.421 e. The Kier molecular flexibility index (Phi) is 12.8. The second kappa shape index (κ2) is 16.6. The van der Waals surface area contributed by atoms with Crippen LogP contribution >= 0.6 is 7.60 Å². The summed E-state index contributed by atoms with van der Waals surface area (Å²) in [6.45, 7) is 5.35. The van der Waals surface area contributed by atoms with Crippen molar-refractivity contribution in [3.05, 3.63) is 54.5 Å². The van der Waals surface area contributed by atoms with Crippen molar-refractivity contribution in [2.45, 2.75) is 83.3 Å². The van der Waals surface area contributed by atoms with Crippen LogP contribution in [0.15, 0.2) is 53.8 Å². The normalized spacial score (nSPS) is 23.0. The number of esters is 1. The van der Waals surface area contributed by atoms with Gasteiger partial charge in [0.05, 0.1) is 18.9 Å². The van der Waals surface area contributed by atoms with Gasteiger partial charge in [-0.25, -0.2) is 23.2 Å². The highest BCUT2D eigenvalue weighted by atomic mass is 31.2. The zero-order chi connectivity index (χ0) is 34.9. The van der Waals surface area contributed by atoms with Crippen molar-refractivity contribution >= 4 is 36.8 Å². The number of ether oxygens (including phenoxy) is 2. The fraction of sp³-hybridized carbons (Fsp3) is 0.531. The highest BCUT2D eigenvalue weighted by molar-refractivity contribution is 7.70. The fourth-order valence-electron chi connectivity index (χ4n) is 5.06. The van der Waals surface area contributed by atoms with Gasteiger partial charge in [0.2, 0.25) is 5.91 Å². The van der Waals surface area contributed by atoms with E-state index in [1.54, 1.807) is 24.3 Å². The van der Waals surface area contributed by atoms with Crippen LogP contribution in [0.25, 0.3) is 5.52 Å². The lowest BCUT2D eigenvalue weighted by molar-refractivity contribution is -0.146. The van der Waals surface area contributed by atoms with E-state index in [0.29, 0.717) is 11.9 Å². The quantitative estimate of drug-likeness (QED) is 0.102. The van der Waals surface area contributed by atoms with Crippen molar-refractivity contribution in [2.24, 2.45) is 10.9 Å². The third kappa shape index (κ3) is 8.63. The van der Waals surface area contributed by atoms with E-state index in [-0.39, 0.29) is 42.1 Å². The number of nitrogens with zero attached hydrogens (tertiary/aromatic N) is 4. The Morgan fingerprint density at radius 3 is 2.58 bits per heavy atom. The highest BCUT2D eigenvalue weighted by Crippen LogP contribution is 2.49. The molecule has 3 N–H and O–H groups in total. The van der Waals surface area contributed by atoms with E-state index in [9.17, 15) is 28.8 Å². The first-order valence-electron chi connectivity index (χ1n) is 15.9. The molecule has 6 atom stereocenters. The number of hydrogen-bond donors (Lipinski definition) is 3. The molecule has 0 spiro atoms. The van der Waals surface area contributed by atoms with Crippen LogP contribution in [-0.2, 0) is 28.2 Å². The first-order chi connectivity index (χ1) is 23.0. The van der Waals surface area contributed by atoms with E-state index >= 15 is 0 Å². The summed E-state index contributed by atoms with van der Waals surface area (Å²) in [5.41, 5.74) is -1.59. The Morgan fingerprint density at radius 2 is 1.92 bits per heavy atom. The summed E-state index contributed by atoms with van der Waals surface area (Å²) in [6.07, 6.45) is -1.04. The number of fused-ring (bicyclic) bond motifs is 1. The number of benzene rings is 1. The van der Waals surface area contributed by atoms with Crippen molar-refractivity contribution in [3.8, 4) is 5.75 Å². The van der Waals surface area contributed by atoms with Gasteiger partial charge in [-0.1, -0.05) is 51.8 Å². The minimum absolute atomic E-state index is 0.137. The SMILES string of the molecule is CCCC(=O)Nc1ncnn2c([C@@H]3O[C@](CF)(CO[P@@](=O)(/C=N\[C@@H](C)C(=O)OCC(CC)CC)Oc4ccccc4)[C@@H](O)[C@H]3O)ccc12. The molecule has 48 heavy (non-hydrogen) atoms. The number of halogens is 1. The molecule has 3 aromatic rings. The second-order valence-electron chi connectivity index (χ2n) is 11.6. The molecule has 14 nitrogen and oxygen atoms in total. The molecule has 0 aliphatic carbocycles. The van der Waals surface area contributed by atoms with Crippen molar-refractivity contribution in [1.82, 2.24) is 14.6 Å². The van der Waals surface area contributed by atoms with Crippen LogP contribution < -0.4 is 9.84 Å². The van der Waals surface area contributed by atoms with Crippen LogP contribution in [0, 0.1) is 5.92 Å². The number of aliphatic hydroxyl groups excluding tert-OH is 2. The molecule has 1 fully saturated rings. The molecule has 1 aliphatic rings. The number of rotatable bonds is 17. The van der Waals surface area contributed by atoms with Gasteiger partial charge in [0.1, 0.15) is 60.2 Å². The fourth-order valence-corrected chi connectivity index (χ4v) is 6.40. The molecule has 0 saturated carbocycles. The Bertz CT molecular complexity index is 1610. The van der Waals surface area contributed by atoms with Crippen LogP contribution in [0.3, 0.4) is 0 Å². The molecule has 0 unspecified atom stereocenters. The van der Waals surface area contributed by atoms with Crippen LogP contribution in [0.4, 0.5) is 10.2 Å². The van der Waals surface area contributed by atoms with E-state index in [1.807, 2.05) is 20.8 Å². The summed E-state index contributed by atoms with van der Waals surface area (Å²) in [4.78, 5) is 33.0. The molecule has 0 radical (unpaired) electrons. The summed E-state index contributed by atoms with van der Waals surface area (Å²) in [6, 6.07) is 10.1. The topological polar surface area (TPSA) is 183 Å². The van der Waals surface area contributed by atoms with Gasteiger partial charge < -0.3 is 29.5 Å². The van der Waals surface area contributed by atoms with Crippen LogP contribution in [-0.4, -0.2) is 86.4 Å². The number of carbonyl (C=O) groups is 2. The lowest BCUT2D eigenvalue weighted by Gasteiger charge is -2.30. The largest absolute Gasteiger partial charge is 0.464 e. The Hall–Kier alpha value is -3.75. The molecule has 1 saturated heterocycles. The number of carbonyl (C=O) groups excluding carboxylic acids is 2. The van der Waals surface area contributed by atoms with E-state index < -0.39 is 56.8 Å². The summed E-state index contributed by atoms with van der Waals surface area (Å²) in [5, 5.41) is 29.0. The number of aromatic nitrogens is 3. The molecular formula is C32H43FN5O9P. The summed E-state index contributed by atoms with van der Waals surface area (Å²) in [7, 11) is -4.39. The first kappa shape index (κ1) is 37.1.